The first-order valence-corrected chi connectivity index (χ1v) is 5.81. The molecule has 9 heteroatoms. The van der Waals surface area contributed by atoms with Crippen LogP contribution in [0.25, 0.3) is 0 Å². The molecule has 7 nitrogen and oxygen atoms in total. The Balaban J connectivity index is 2.29. The van der Waals surface area contributed by atoms with Gasteiger partial charge in [0, 0.05) is 6.07 Å². The molecule has 1 aromatic heterocycles. The highest BCUT2D eigenvalue weighted by atomic mass is 79.9. The van der Waals surface area contributed by atoms with E-state index in [2.05, 4.69) is 36.3 Å². The Hall–Kier alpha value is -2.00. The molecule has 100 valence electrons. The van der Waals surface area contributed by atoms with Crippen LogP contribution in [0.5, 0.6) is 17.8 Å². The first-order chi connectivity index (χ1) is 9.12. The fourth-order valence-electron chi connectivity index (χ4n) is 1.19. The molecule has 0 aliphatic heterocycles. The van der Waals surface area contributed by atoms with Crippen LogP contribution in [0.1, 0.15) is 0 Å². The molecule has 0 aliphatic carbocycles. The summed E-state index contributed by atoms with van der Waals surface area (Å²) in [6, 6.07) is 4.21. The Morgan fingerprint density at radius 3 is 2.63 bits per heavy atom. The lowest BCUT2D eigenvalue weighted by Crippen LogP contribution is -2.12. The number of hydrogen-bond acceptors (Lipinski definition) is 7. The van der Waals surface area contributed by atoms with E-state index in [1.165, 1.54) is 19.2 Å². The molecule has 3 N–H and O–H groups in total. The number of aromatic nitrogens is 3. The summed E-state index contributed by atoms with van der Waals surface area (Å²) in [6.07, 6.45) is 0. The molecule has 0 saturated carbocycles. The average molecular weight is 330 g/mol. The normalized spacial score (nSPS) is 10.1. The number of hydrazine groups is 1. The molecular weight excluding hydrogens is 321 g/mol. The first kappa shape index (κ1) is 13.4. The van der Waals surface area contributed by atoms with E-state index in [-0.39, 0.29) is 23.7 Å². The van der Waals surface area contributed by atoms with Crippen LogP contribution < -0.4 is 20.7 Å². The summed E-state index contributed by atoms with van der Waals surface area (Å²) < 4.78 is 23.8. The van der Waals surface area contributed by atoms with Crippen LogP contribution in [0.3, 0.4) is 0 Å². The van der Waals surface area contributed by atoms with Gasteiger partial charge in [0.25, 0.3) is 0 Å². The van der Waals surface area contributed by atoms with Gasteiger partial charge in [0.15, 0.2) is 0 Å². The summed E-state index contributed by atoms with van der Waals surface area (Å²) >= 11 is 3.04. The Bertz CT molecular complexity index is 576. The monoisotopic (exact) mass is 329 g/mol. The maximum atomic E-state index is 13.3. The molecule has 0 amide bonds. The van der Waals surface area contributed by atoms with Gasteiger partial charge in [-0.05, 0) is 28.1 Å². The van der Waals surface area contributed by atoms with E-state index < -0.39 is 5.82 Å². The molecule has 0 atom stereocenters. The minimum Gasteiger partial charge on any atom is -0.467 e. The van der Waals surface area contributed by atoms with Gasteiger partial charge in [-0.2, -0.15) is 9.97 Å². The van der Waals surface area contributed by atoms with Crippen molar-refractivity contribution in [3.05, 3.63) is 28.5 Å². The van der Waals surface area contributed by atoms with E-state index in [4.69, 9.17) is 15.3 Å². The summed E-state index contributed by atoms with van der Waals surface area (Å²) in [5.74, 6) is 5.04. The molecule has 0 unspecified atom stereocenters. The Morgan fingerprint density at radius 2 is 2.00 bits per heavy atom. The number of nitrogens with two attached hydrogens (primary N) is 1. The van der Waals surface area contributed by atoms with Crippen molar-refractivity contribution in [2.45, 2.75) is 0 Å². The minimum atomic E-state index is -0.462. The molecule has 1 heterocycles. The average Bonchev–Trinajstić information content (AvgIpc) is 2.42. The van der Waals surface area contributed by atoms with Crippen molar-refractivity contribution < 1.29 is 13.9 Å². The van der Waals surface area contributed by atoms with Crippen molar-refractivity contribution in [3.63, 3.8) is 0 Å². The maximum Gasteiger partial charge on any atom is 0.330 e. The highest BCUT2D eigenvalue weighted by molar-refractivity contribution is 9.10. The molecule has 1 aromatic carbocycles. The predicted molar refractivity (Wildman–Crippen MR) is 68.4 cm³/mol. The lowest BCUT2D eigenvalue weighted by molar-refractivity contribution is 0.359. The summed E-state index contributed by atoms with van der Waals surface area (Å²) in [4.78, 5) is 11.5. The first-order valence-electron chi connectivity index (χ1n) is 5.02. The van der Waals surface area contributed by atoms with Gasteiger partial charge in [0.1, 0.15) is 11.6 Å². The molecule has 0 saturated heterocycles. The van der Waals surface area contributed by atoms with Crippen LogP contribution in [0.4, 0.5) is 10.3 Å². The van der Waals surface area contributed by atoms with Crippen LogP contribution in [0.15, 0.2) is 22.7 Å². The van der Waals surface area contributed by atoms with Gasteiger partial charge >= 0.3 is 12.0 Å². The molecule has 0 fully saturated rings. The molecule has 0 spiro atoms. The second-order valence-corrected chi connectivity index (χ2v) is 4.10. The largest absolute Gasteiger partial charge is 0.467 e. The van der Waals surface area contributed by atoms with Crippen molar-refractivity contribution in [2.24, 2.45) is 5.84 Å². The van der Waals surface area contributed by atoms with Gasteiger partial charge in [0.05, 0.1) is 11.6 Å². The fourth-order valence-corrected chi connectivity index (χ4v) is 1.43. The van der Waals surface area contributed by atoms with E-state index >= 15 is 0 Å². The summed E-state index contributed by atoms with van der Waals surface area (Å²) in [5, 5.41) is 0. The molecule has 0 aliphatic rings. The van der Waals surface area contributed by atoms with Gasteiger partial charge in [-0.15, -0.1) is 4.98 Å². The molecular formula is C10H9BrFN5O2. The van der Waals surface area contributed by atoms with Crippen LogP contribution in [0, 0.1) is 5.82 Å². The zero-order valence-electron chi connectivity index (χ0n) is 9.72. The van der Waals surface area contributed by atoms with E-state index in [9.17, 15) is 4.39 Å². The highest BCUT2D eigenvalue weighted by Crippen LogP contribution is 2.24. The Kier molecular flexibility index (Phi) is 4.07. The molecule has 2 aromatic rings. The summed E-state index contributed by atoms with van der Waals surface area (Å²) in [6.45, 7) is 0. The quantitative estimate of drug-likeness (QED) is 0.652. The van der Waals surface area contributed by atoms with Crippen LogP contribution >= 0.6 is 15.9 Å². The Labute approximate surface area is 116 Å². The zero-order chi connectivity index (χ0) is 13.8. The summed E-state index contributed by atoms with van der Waals surface area (Å²) in [7, 11) is 1.39. The van der Waals surface area contributed by atoms with Gasteiger partial charge < -0.3 is 9.47 Å². The number of benzene rings is 1. The third-order valence-corrected chi connectivity index (χ3v) is 2.65. The number of rotatable bonds is 4. The van der Waals surface area contributed by atoms with E-state index in [1.54, 1.807) is 6.07 Å². The second-order valence-electron chi connectivity index (χ2n) is 3.25. The number of hydrogen-bond donors (Lipinski definition) is 2. The number of nitrogens with zero attached hydrogens (tertiary/aromatic N) is 3. The third kappa shape index (κ3) is 3.26. The lowest BCUT2D eigenvalue weighted by atomic mass is 10.3. The van der Waals surface area contributed by atoms with E-state index in [0.717, 1.165) is 0 Å². The number of nitrogens with one attached hydrogen (secondary N) is 1. The zero-order valence-corrected chi connectivity index (χ0v) is 11.3. The van der Waals surface area contributed by atoms with Crippen LogP contribution in [-0.4, -0.2) is 22.1 Å². The topological polar surface area (TPSA) is 95.2 Å². The van der Waals surface area contributed by atoms with Crippen molar-refractivity contribution >= 4 is 21.9 Å². The second kappa shape index (κ2) is 5.76. The van der Waals surface area contributed by atoms with Crippen molar-refractivity contribution in [2.75, 3.05) is 12.5 Å². The highest BCUT2D eigenvalue weighted by Gasteiger charge is 2.09. The predicted octanol–water partition coefficient (Wildman–Crippen LogP) is 1.86. The summed E-state index contributed by atoms with van der Waals surface area (Å²) in [5.41, 5.74) is 2.24. The Morgan fingerprint density at radius 1 is 1.26 bits per heavy atom. The smallest absolute Gasteiger partial charge is 0.330 e. The van der Waals surface area contributed by atoms with Gasteiger partial charge in [-0.3, -0.25) is 5.43 Å². The van der Waals surface area contributed by atoms with E-state index in [1.807, 2.05) is 0 Å². The maximum absolute atomic E-state index is 13.3. The molecule has 0 bridgehead atoms. The van der Waals surface area contributed by atoms with Crippen molar-refractivity contribution in [1.82, 2.24) is 15.0 Å². The van der Waals surface area contributed by atoms with Gasteiger partial charge in [-0.1, -0.05) is 0 Å². The minimum absolute atomic E-state index is 0.0236. The number of halogens is 2. The number of ether oxygens (including phenoxy) is 2. The SMILES string of the molecule is COc1nc(NN)nc(Oc2ccc(Br)c(F)c2)n1. The molecule has 2 rings (SSSR count). The third-order valence-electron chi connectivity index (χ3n) is 2.01. The number of anilines is 1. The standard InChI is InChI=1S/C10H9BrFN5O2/c1-18-9-14-8(17-13)15-10(16-9)19-5-2-3-6(11)7(12)4-5/h2-4H,13H2,1H3,(H,14,15,16,17). The van der Waals surface area contributed by atoms with Gasteiger partial charge in [0.2, 0.25) is 5.95 Å². The molecule has 0 radical (unpaired) electrons. The van der Waals surface area contributed by atoms with Crippen molar-refractivity contribution in [3.8, 4) is 17.8 Å². The number of methoxy groups -OCH3 is 1. The van der Waals surface area contributed by atoms with Crippen LogP contribution in [-0.2, 0) is 0 Å². The molecule has 19 heavy (non-hydrogen) atoms. The van der Waals surface area contributed by atoms with Gasteiger partial charge in [-0.25, -0.2) is 10.2 Å². The van der Waals surface area contributed by atoms with Crippen LogP contribution in [0.2, 0.25) is 0 Å². The fraction of sp³-hybridized carbons (Fsp3) is 0.100. The van der Waals surface area contributed by atoms with E-state index in [0.29, 0.717) is 4.47 Å². The number of nitrogen functional groups attached to an aromatic ring is 1. The lowest BCUT2D eigenvalue weighted by Gasteiger charge is -2.07. The van der Waals surface area contributed by atoms with Crippen molar-refractivity contribution in [1.29, 1.82) is 0 Å².